The molecular formula is C20H24N2O4. The molecule has 0 fully saturated rings. The highest BCUT2D eigenvalue weighted by Gasteiger charge is 2.16. The minimum absolute atomic E-state index is 0.127. The highest BCUT2D eigenvalue weighted by molar-refractivity contribution is 6.01. The van der Waals surface area contributed by atoms with Crippen molar-refractivity contribution in [3.8, 4) is 11.5 Å². The number of ether oxygens (including phenoxy) is 3. The summed E-state index contributed by atoms with van der Waals surface area (Å²) in [5, 5.41) is 4.43. The van der Waals surface area contributed by atoms with Gasteiger partial charge in [-0.2, -0.15) is 5.10 Å². The highest BCUT2D eigenvalue weighted by atomic mass is 16.5. The second kappa shape index (κ2) is 9.46. The number of methoxy groups -OCH3 is 2. The minimum Gasteiger partial charge on any atom is -0.493 e. The number of nitrogens with zero attached hydrogens (tertiary/aromatic N) is 1. The molecule has 2 rings (SSSR count). The first-order chi connectivity index (χ1) is 12.6. The summed E-state index contributed by atoms with van der Waals surface area (Å²) >= 11 is 0. The topological polar surface area (TPSA) is 69.2 Å². The largest absolute Gasteiger partial charge is 0.493 e. The van der Waals surface area contributed by atoms with Crippen LogP contribution < -0.4 is 14.9 Å². The van der Waals surface area contributed by atoms with Gasteiger partial charge in [0.05, 0.1) is 38.6 Å². The van der Waals surface area contributed by atoms with Gasteiger partial charge in [-0.1, -0.05) is 18.2 Å². The van der Waals surface area contributed by atoms with Gasteiger partial charge in [0.25, 0.3) is 0 Å². The maximum Gasteiger partial charge on any atom is 0.310 e. The molecule has 0 bridgehead atoms. The Balaban J connectivity index is 2.37. The molecule has 1 N–H and O–H groups in total. The Labute approximate surface area is 153 Å². The molecule has 26 heavy (non-hydrogen) atoms. The molecule has 0 aromatic heterocycles. The summed E-state index contributed by atoms with van der Waals surface area (Å²) in [5.74, 6) is 0.827. The average molecular weight is 356 g/mol. The van der Waals surface area contributed by atoms with Gasteiger partial charge in [-0.3, -0.25) is 10.2 Å². The monoisotopic (exact) mass is 356 g/mol. The summed E-state index contributed by atoms with van der Waals surface area (Å²) in [6.07, 6.45) is 0.127. The molecule has 0 radical (unpaired) electrons. The smallest absolute Gasteiger partial charge is 0.310 e. The van der Waals surface area contributed by atoms with E-state index in [1.54, 1.807) is 27.2 Å². The zero-order valence-electron chi connectivity index (χ0n) is 15.5. The Morgan fingerprint density at radius 1 is 1.08 bits per heavy atom. The maximum absolute atomic E-state index is 12.0. The molecule has 2 aromatic carbocycles. The third kappa shape index (κ3) is 4.99. The predicted octanol–water partition coefficient (Wildman–Crippen LogP) is 3.65. The standard InChI is InChI=1S/C20H24N2O4/c1-5-26-20(23)12-15-11-18(24-3)19(25-4)13-17(15)14(2)21-22-16-9-7-6-8-10-16/h6-11,13,22H,5,12H2,1-4H3/b21-14-. The zero-order chi connectivity index (χ0) is 18.9. The predicted molar refractivity (Wildman–Crippen MR) is 102 cm³/mol. The molecule has 0 amide bonds. The molecule has 0 atom stereocenters. The van der Waals surface area contributed by atoms with Crippen LogP contribution in [0.5, 0.6) is 11.5 Å². The van der Waals surface area contributed by atoms with Crippen molar-refractivity contribution in [2.75, 3.05) is 26.3 Å². The first kappa shape index (κ1) is 19.3. The number of nitrogens with one attached hydrogen (secondary N) is 1. The summed E-state index contributed by atoms with van der Waals surface area (Å²) in [4.78, 5) is 12.0. The summed E-state index contributed by atoms with van der Waals surface area (Å²) < 4.78 is 15.8. The number of esters is 1. The third-order valence-corrected chi connectivity index (χ3v) is 3.77. The fourth-order valence-electron chi connectivity index (χ4n) is 2.49. The maximum atomic E-state index is 12.0. The van der Waals surface area contributed by atoms with E-state index in [9.17, 15) is 4.79 Å². The molecule has 0 heterocycles. The molecule has 0 saturated carbocycles. The van der Waals surface area contributed by atoms with E-state index in [4.69, 9.17) is 14.2 Å². The number of hydrogen-bond acceptors (Lipinski definition) is 6. The number of hydrogen-bond donors (Lipinski definition) is 1. The number of rotatable bonds is 8. The van der Waals surface area contributed by atoms with Gasteiger partial charge in [0, 0.05) is 5.56 Å². The second-order valence-corrected chi connectivity index (χ2v) is 5.52. The molecule has 6 heteroatoms. The van der Waals surface area contributed by atoms with Crippen molar-refractivity contribution in [1.82, 2.24) is 0 Å². The lowest BCUT2D eigenvalue weighted by Gasteiger charge is -2.15. The van der Waals surface area contributed by atoms with Gasteiger partial charge in [-0.15, -0.1) is 0 Å². The van der Waals surface area contributed by atoms with Crippen LogP contribution in [0.15, 0.2) is 47.6 Å². The van der Waals surface area contributed by atoms with Gasteiger partial charge < -0.3 is 14.2 Å². The van der Waals surface area contributed by atoms with Crippen LogP contribution in [-0.4, -0.2) is 32.5 Å². The molecule has 0 aliphatic rings. The van der Waals surface area contributed by atoms with Crippen molar-refractivity contribution in [1.29, 1.82) is 0 Å². The summed E-state index contributed by atoms with van der Waals surface area (Å²) in [5.41, 5.74) is 6.16. The van der Waals surface area contributed by atoms with E-state index in [1.165, 1.54) is 0 Å². The SMILES string of the molecule is CCOC(=O)Cc1cc(OC)c(OC)cc1/C(C)=N\Nc1ccccc1. The number of benzene rings is 2. The molecule has 138 valence electrons. The Hall–Kier alpha value is -3.02. The Morgan fingerprint density at radius 2 is 1.73 bits per heavy atom. The number of anilines is 1. The van der Waals surface area contributed by atoms with Crippen LogP contribution in [0.4, 0.5) is 5.69 Å². The number of para-hydroxylation sites is 1. The van der Waals surface area contributed by atoms with Crippen molar-refractivity contribution >= 4 is 17.4 Å². The highest BCUT2D eigenvalue weighted by Crippen LogP contribution is 2.31. The van der Waals surface area contributed by atoms with E-state index in [2.05, 4.69) is 10.5 Å². The first-order valence-electron chi connectivity index (χ1n) is 8.35. The molecular weight excluding hydrogens is 332 g/mol. The van der Waals surface area contributed by atoms with Crippen LogP contribution in [0.1, 0.15) is 25.0 Å². The fraction of sp³-hybridized carbons (Fsp3) is 0.300. The Morgan fingerprint density at radius 3 is 2.35 bits per heavy atom. The lowest BCUT2D eigenvalue weighted by Crippen LogP contribution is -2.12. The van der Waals surface area contributed by atoms with Crippen molar-refractivity contribution in [3.63, 3.8) is 0 Å². The third-order valence-electron chi connectivity index (χ3n) is 3.77. The fourth-order valence-corrected chi connectivity index (χ4v) is 2.49. The summed E-state index contributed by atoms with van der Waals surface area (Å²) in [7, 11) is 3.13. The van der Waals surface area contributed by atoms with E-state index >= 15 is 0 Å². The van der Waals surface area contributed by atoms with Crippen LogP contribution in [0.25, 0.3) is 0 Å². The van der Waals surface area contributed by atoms with Gasteiger partial charge in [-0.25, -0.2) is 0 Å². The van der Waals surface area contributed by atoms with Crippen molar-refractivity contribution < 1.29 is 19.0 Å². The number of hydrazone groups is 1. The minimum atomic E-state index is -0.301. The number of carbonyl (C=O) groups excluding carboxylic acids is 1. The Kier molecular flexibility index (Phi) is 7.02. The van der Waals surface area contributed by atoms with Crippen molar-refractivity contribution in [2.24, 2.45) is 5.10 Å². The van der Waals surface area contributed by atoms with Gasteiger partial charge in [0.1, 0.15) is 0 Å². The molecule has 6 nitrogen and oxygen atoms in total. The molecule has 0 aliphatic heterocycles. The molecule has 0 unspecified atom stereocenters. The van der Waals surface area contributed by atoms with Gasteiger partial charge >= 0.3 is 5.97 Å². The van der Waals surface area contributed by atoms with E-state index in [0.29, 0.717) is 23.8 Å². The average Bonchev–Trinajstić information content (AvgIpc) is 2.66. The van der Waals surface area contributed by atoms with Gasteiger partial charge in [0.15, 0.2) is 11.5 Å². The molecule has 2 aromatic rings. The number of carbonyl (C=O) groups is 1. The zero-order valence-corrected chi connectivity index (χ0v) is 15.5. The summed E-state index contributed by atoms with van der Waals surface area (Å²) in [6, 6.07) is 13.2. The molecule has 0 aliphatic carbocycles. The lowest BCUT2D eigenvalue weighted by molar-refractivity contribution is -0.142. The van der Waals surface area contributed by atoms with Crippen molar-refractivity contribution in [3.05, 3.63) is 53.6 Å². The quantitative estimate of drug-likeness (QED) is 0.444. The van der Waals surface area contributed by atoms with Crippen LogP contribution in [0.3, 0.4) is 0 Å². The van der Waals surface area contributed by atoms with Gasteiger partial charge in [-0.05, 0) is 43.7 Å². The van der Waals surface area contributed by atoms with E-state index in [1.807, 2.05) is 43.3 Å². The van der Waals surface area contributed by atoms with E-state index in [0.717, 1.165) is 16.8 Å². The first-order valence-corrected chi connectivity index (χ1v) is 8.35. The second-order valence-electron chi connectivity index (χ2n) is 5.52. The van der Waals surface area contributed by atoms with Gasteiger partial charge in [0.2, 0.25) is 0 Å². The lowest BCUT2D eigenvalue weighted by atomic mass is 10.00. The summed E-state index contributed by atoms with van der Waals surface area (Å²) in [6.45, 7) is 3.99. The van der Waals surface area contributed by atoms with Crippen molar-refractivity contribution in [2.45, 2.75) is 20.3 Å². The van der Waals surface area contributed by atoms with Crippen LogP contribution >= 0.6 is 0 Å². The van der Waals surface area contributed by atoms with Crippen LogP contribution in [0, 0.1) is 0 Å². The van der Waals surface area contributed by atoms with Crippen LogP contribution in [-0.2, 0) is 16.0 Å². The van der Waals surface area contributed by atoms with Crippen LogP contribution in [0.2, 0.25) is 0 Å². The molecule has 0 spiro atoms. The van der Waals surface area contributed by atoms with E-state index in [-0.39, 0.29) is 12.4 Å². The molecule has 0 saturated heterocycles. The Bertz CT molecular complexity index is 773. The van der Waals surface area contributed by atoms with E-state index < -0.39 is 0 Å². The normalized spacial score (nSPS) is 11.0.